The van der Waals surface area contributed by atoms with Crippen molar-refractivity contribution < 1.29 is 5.11 Å². The lowest BCUT2D eigenvalue weighted by atomic mass is 9.90. The standard InChI is InChI=1S/C16H22N2O/c1-6-13-14(19)15(16(3,4)5)18(17-13)12-9-7-8-11(2)10-12/h7-10,19H,6H2,1-5H3. The average molecular weight is 258 g/mol. The molecule has 102 valence electrons. The molecule has 0 aliphatic rings. The van der Waals surface area contributed by atoms with Gasteiger partial charge in [0.05, 0.1) is 11.4 Å². The molecule has 3 heteroatoms. The Labute approximate surface area is 114 Å². The number of aromatic nitrogens is 2. The van der Waals surface area contributed by atoms with Crippen LogP contribution in [0.2, 0.25) is 0 Å². The molecule has 0 spiro atoms. The molecule has 1 aromatic carbocycles. The van der Waals surface area contributed by atoms with Crippen molar-refractivity contribution >= 4 is 0 Å². The monoisotopic (exact) mass is 258 g/mol. The highest BCUT2D eigenvalue weighted by Crippen LogP contribution is 2.35. The fraction of sp³-hybridized carbons (Fsp3) is 0.438. The maximum absolute atomic E-state index is 10.4. The molecule has 2 aromatic rings. The predicted octanol–water partition coefficient (Wildman–Crippen LogP) is 3.75. The molecule has 0 radical (unpaired) electrons. The Morgan fingerprint density at radius 3 is 2.47 bits per heavy atom. The van der Waals surface area contributed by atoms with Crippen molar-refractivity contribution in [2.45, 2.75) is 46.5 Å². The Bertz CT molecular complexity index is 591. The van der Waals surface area contributed by atoms with Gasteiger partial charge in [0, 0.05) is 5.41 Å². The minimum atomic E-state index is -0.158. The van der Waals surface area contributed by atoms with Gasteiger partial charge in [0.2, 0.25) is 0 Å². The van der Waals surface area contributed by atoms with Gasteiger partial charge in [-0.05, 0) is 31.0 Å². The molecule has 0 saturated carbocycles. The summed E-state index contributed by atoms with van der Waals surface area (Å²) in [5.41, 5.74) is 3.65. The van der Waals surface area contributed by atoms with Gasteiger partial charge in [-0.15, -0.1) is 0 Å². The summed E-state index contributed by atoms with van der Waals surface area (Å²) in [5.74, 6) is 0.330. The van der Waals surface area contributed by atoms with Crippen LogP contribution in [0.4, 0.5) is 0 Å². The van der Waals surface area contributed by atoms with Crippen LogP contribution < -0.4 is 0 Å². The fourth-order valence-corrected chi connectivity index (χ4v) is 2.31. The van der Waals surface area contributed by atoms with E-state index in [1.165, 1.54) is 5.56 Å². The number of aromatic hydroxyl groups is 1. The van der Waals surface area contributed by atoms with E-state index in [1.807, 2.05) is 23.7 Å². The van der Waals surface area contributed by atoms with Gasteiger partial charge in [-0.2, -0.15) is 5.10 Å². The molecular weight excluding hydrogens is 236 g/mol. The third-order valence-corrected chi connectivity index (χ3v) is 3.22. The van der Waals surface area contributed by atoms with E-state index in [9.17, 15) is 5.11 Å². The first kappa shape index (κ1) is 13.7. The van der Waals surface area contributed by atoms with Gasteiger partial charge in [-0.25, -0.2) is 4.68 Å². The molecule has 19 heavy (non-hydrogen) atoms. The molecule has 0 amide bonds. The Balaban J connectivity index is 2.69. The Morgan fingerprint density at radius 2 is 1.95 bits per heavy atom. The Kier molecular flexibility index (Phi) is 3.40. The summed E-state index contributed by atoms with van der Waals surface area (Å²) in [5, 5.41) is 15.0. The molecule has 1 heterocycles. The van der Waals surface area contributed by atoms with E-state index in [0.717, 1.165) is 23.5 Å². The summed E-state index contributed by atoms with van der Waals surface area (Å²) in [6.07, 6.45) is 0.730. The molecule has 2 rings (SSSR count). The summed E-state index contributed by atoms with van der Waals surface area (Å²) in [7, 11) is 0. The normalized spacial score (nSPS) is 11.8. The van der Waals surface area contributed by atoms with Gasteiger partial charge in [-0.1, -0.05) is 39.8 Å². The van der Waals surface area contributed by atoms with Crippen molar-refractivity contribution in [1.82, 2.24) is 9.78 Å². The molecule has 0 bridgehead atoms. The average Bonchev–Trinajstić information content (AvgIpc) is 2.66. The second-order valence-corrected chi connectivity index (χ2v) is 6.00. The zero-order valence-corrected chi connectivity index (χ0v) is 12.4. The number of hydrogen-bond acceptors (Lipinski definition) is 2. The minimum absolute atomic E-state index is 0.158. The zero-order valence-electron chi connectivity index (χ0n) is 12.4. The van der Waals surface area contributed by atoms with Crippen LogP contribution in [-0.2, 0) is 11.8 Å². The van der Waals surface area contributed by atoms with Crippen LogP contribution in [0.25, 0.3) is 5.69 Å². The van der Waals surface area contributed by atoms with Crippen molar-refractivity contribution in [3.63, 3.8) is 0 Å². The van der Waals surface area contributed by atoms with Crippen LogP contribution in [0.5, 0.6) is 5.75 Å². The smallest absolute Gasteiger partial charge is 0.161 e. The van der Waals surface area contributed by atoms with Crippen LogP contribution in [0.3, 0.4) is 0 Å². The number of nitrogens with zero attached hydrogens (tertiary/aromatic N) is 2. The maximum Gasteiger partial charge on any atom is 0.161 e. The van der Waals surface area contributed by atoms with Crippen molar-refractivity contribution in [2.75, 3.05) is 0 Å². The quantitative estimate of drug-likeness (QED) is 0.891. The van der Waals surface area contributed by atoms with E-state index in [0.29, 0.717) is 5.75 Å². The van der Waals surface area contributed by atoms with Gasteiger partial charge in [-0.3, -0.25) is 0 Å². The van der Waals surface area contributed by atoms with Gasteiger partial charge in [0.1, 0.15) is 5.69 Å². The lowest BCUT2D eigenvalue weighted by Gasteiger charge is -2.20. The lowest BCUT2D eigenvalue weighted by molar-refractivity contribution is 0.435. The number of benzene rings is 1. The molecular formula is C16H22N2O. The van der Waals surface area contributed by atoms with Crippen LogP contribution in [0, 0.1) is 6.92 Å². The lowest BCUT2D eigenvalue weighted by Crippen LogP contribution is -2.17. The first-order chi connectivity index (χ1) is 8.84. The van der Waals surface area contributed by atoms with Crippen molar-refractivity contribution in [3.8, 4) is 11.4 Å². The van der Waals surface area contributed by atoms with Crippen LogP contribution >= 0.6 is 0 Å². The van der Waals surface area contributed by atoms with Gasteiger partial charge >= 0.3 is 0 Å². The van der Waals surface area contributed by atoms with E-state index in [-0.39, 0.29) is 5.41 Å². The molecule has 3 nitrogen and oxygen atoms in total. The highest BCUT2D eigenvalue weighted by molar-refractivity contribution is 5.45. The van der Waals surface area contributed by atoms with E-state index in [4.69, 9.17) is 0 Å². The van der Waals surface area contributed by atoms with E-state index in [1.54, 1.807) is 0 Å². The van der Waals surface area contributed by atoms with Crippen LogP contribution in [0.15, 0.2) is 24.3 Å². The number of aryl methyl sites for hydroxylation is 2. The second-order valence-electron chi connectivity index (χ2n) is 6.00. The molecule has 0 aliphatic heterocycles. The SMILES string of the molecule is CCc1nn(-c2cccc(C)c2)c(C(C)(C)C)c1O. The first-order valence-corrected chi connectivity index (χ1v) is 6.73. The van der Waals surface area contributed by atoms with Crippen LogP contribution in [-0.4, -0.2) is 14.9 Å². The summed E-state index contributed by atoms with van der Waals surface area (Å²) in [6.45, 7) is 10.3. The van der Waals surface area contributed by atoms with E-state index < -0.39 is 0 Å². The fourth-order valence-electron chi connectivity index (χ4n) is 2.31. The summed E-state index contributed by atoms with van der Waals surface area (Å²) in [6, 6.07) is 8.18. The van der Waals surface area contributed by atoms with Gasteiger partial charge < -0.3 is 5.11 Å². The predicted molar refractivity (Wildman–Crippen MR) is 78.0 cm³/mol. The van der Waals surface area contributed by atoms with E-state index in [2.05, 4.69) is 44.9 Å². The second kappa shape index (κ2) is 4.72. The highest BCUT2D eigenvalue weighted by Gasteiger charge is 2.27. The number of hydrogen-bond donors (Lipinski definition) is 1. The van der Waals surface area contributed by atoms with Crippen molar-refractivity contribution in [3.05, 3.63) is 41.2 Å². The van der Waals surface area contributed by atoms with Crippen molar-refractivity contribution in [1.29, 1.82) is 0 Å². The molecule has 0 fully saturated rings. The molecule has 0 aliphatic carbocycles. The van der Waals surface area contributed by atoms with Gasteiger partial charge in [0.15, 0.2) is 5.75 Å². The van der Waals surface area contributed by atoms with Crippen LogP contribution in [0.1, 0.15) is 44.6 Å². The molecule has 1 N–H and O–H groups in total. The zero-order chi connectivity index (χ0) is 14.2. The topological polar surface area (TPSA) is 38.0 Å². The third kappa shape index (κ3) is 2.50. The molecule has 0 saturated heterocycles. The Hall–Kier alpha value is -1.77. The minimum Gasteiger partial charge on any atom is -0.504 e. The largest absolute Gasteiger partial charge is 0.504 e. The van der Waals surface area contributed by atoms with Crippen molar-refractivity contribution in [2.24, 2.45) is 0 Å². The maximum atomic E-state index is 10.4. The van der Waals surface area contributed by atoms with Gasteiger partial charge in [0.25, 0.3) is 0 Å². The summed E-state index contributed by atoms with van der Waals surface area (Å²) >= 11 is 0. The Morgan fingerprint density at radius 1 is 1.26 bits per heavy atom. The molecule has 0 atom stereocenters. The van der Waals surface area contributed by atoms with E-state index >= 15 is 0 Å². The third-order valence-electron chi connectivity index (χ3n) is 3.22. The summed E-state index contributed by atoms with van der Waals surface area (Å²) in [4.78, 5) is 0. The molecule has 1 aromatic heterocycles. The first-order valence-electron chi connectivity index (χ1n) is 6.73. The summed E-state index contributed by atoms with van der Waals surface area (Å²) < 4.78 is 1.88. The highest BCUT2D eigenvalue weighted by atomic mass is 16.3. The number of rotatable bonds is 2. The molecule has 0 unspecified atom stereocenters.